The van der Waals surface area contributed by atoms with E-state index >= 15 is 0 Å². The summed E-state index contributed by atoms with van der Waals surface area (Å²) in [5.41, 5.74) is 2.65. The predicted octanol–water partition coefficient (Wildman–Crippen LogP) is 4.79. The lowest BCUT2D eigenvalue weighted by molar-refractivity contribution is 0.257. The molecule has 0 aromatic rings. The van der Waals surface area contributed by atoms with Gasteiger partial charge in [0.15, 0.2) is 0 Å². The smallest absolute Gasteiger partial charge is 0.118 e. The molecule has 0 aromatic carbocycles. The highest BCUT2D eigenvalue weighted by Crippen LogP contribution is 2.23. The van der Waals surface area contributed by atoms with Crippen LogP contribution in [0.4, 0.5) is 0 Å². The number of rotatable bonds is 5. The van der Waals surface area contributed by atoms with Gasteiger partial charge < -0.3 is 4.74 Å². The van der Waals surface area contributed by atoms with E-state index in [1.165, 1.54) is 11.1 Å². The normalized spacial score (nSPS) is 15.1. The number of hydrogen-bond acceptors (Lipinski definition) is 1. The summed E-state index contributed by atoms with van der Waals surface area (Å²) in [6.45, 7) is 14.5. The Kier molecular flexibility index (Phi) is 8.32. The van der Waals surface area contributed by atoms with Gasteiger partial charge in [0.2, 0.25) is 0 Å². The monoisotopic (exact) mass is 220 g/mol. The standard InChI is InChI=1S/C13H18O.C2H6/c1-4-11(5-2)7-8-12-9-10-14-13(12)6-3;1-2/h4,6-7H,1,3,5,8-10H2,2H3;1-2H3/b11-7+;. The van der Waals surface area contributed by atoms with Gasteiger partial charge >= 0.3 is 0 Å². The molecule has 90 valence electrons. The Morgan fingerprint density at radius 1 is 1.38 bits per heavy atom. The van der Waals surface area contributed by atoms with Gasteiger partial charge in [-0.2, -0.15) is 0 Å². The lowest BCUT2D eigenvalue weighted by atomic mass is 10.1. The molecular formula is C15H24O. The van der Waals surface area contributed by atoms with E-state index < -0.39 is 0 Å². The zero-order valence-electron chi connectivity index (χ0n) is 10.9. The third-order valence-electron chi connectivity index (χ3n) is 2.48. The molecule has 1 nitrogen and oxygen atoms in total. The molecule has 0 spiro atoms. The van der Waals surface area contributed by atoms with Crippen molar-refractivity contribution < 1.29 is 4.74 Å². The van der Waals surface area contributed by atoms with Gasteiger partial charge in [-0.25, -0.2) is 0 Å². The summed E-state index contributed by atoms with van der Waals surface area (Å²) in [5.74, 6) is 0.973. The minimum Gasteiger partial charge on any atom is -0.493 e. The van der Waals surface area contributed by atoms with E-state index in [2.05, 4.69) is 26.2 Å². The molecule has 0 N–H and O–H groups in total. The maximum atomic E-state index is 5.42. The number of allylic oxidation sites excluding steroid dienone is 4. The fraction of sp³-hybridized carbons (Fsp3) is 0.467. The highest BCUT2D eigenvalue weighted by molar-refractivity contribution is 5.26. The van der Waals surface area contributed by atoms with E-state index in [4.69, 9.17) is 4.74 Å². The van der Waals surface area contributed by atoms with Crippen LogP contribution in [0.5, 0.6) is 0 Å². The largest absolute Gasteiger partial charge is 0.493 e. The number of hydrogen-bond donors (Lipinski definition) is 0. The maximum absolute atomic E-state index is 5.42. The van der Waals surface area contributed by atoms with Gasteiger partial charge in [0.05, 0.1) is 6.61 Å². The van der Waals surface area contributed by atoms with Crippen LogP contribution in [0.2, 0.25) is 0 Å². The van der Waals surface area contributed by atoms with Crippen molar-refractivity contribution in [2.45, 2.75) is 40.0 Å². The Labute approximate surface area is 100 Å². The predicted molar refractivity (Wildman–Crippen MR) is 72.3 cm³/mol. The Balaban J connectivity index is 0.00000106. The third-order valence-corrected chi connectivity index (χ3v) is 2.48. The van der Waals surface area contributed by atoms with Crippen molar-refractivity contribution in [1.82, 2.24) is 0 Å². The molecule has 16 heavy (non-hydrogen) atoms. The Hall–Kier alpha value is -1.24. The van der Waals surface area contributed by atoms with Gasteiger partial charge in [-0.1, -0.05) is 51.7 Å². The van der Waals surface area contributed by atoms with E-state index in [9.17, 15) is 0 Å². The molecule has 0 unspecified atom stereocenters. The van der Waals surface area contributed by atoms with Gasteiger partial charge in [-0.05, 0) is 24.5 Å². The average Bonchev–Trinajstić information content (AvgIpc) is 2.80. The van der Waals surface area contributed by atoms with E-state index in [-0.39, 0.29) is 0 Å². The van der Waals surface area contributed by atoms with Crippen LogP contribution < -0.4 is 0 Å². The second-order valence-corrected chi connectivity index (χ2v) is 3.31. The zero-order chi connectivity index (χ0) is 12.4. The van der Waals surface area contributed by atoms with Gasteiger partial charge in [-0.15, -0.1) is 0 Å². The molecule has 1 aliphatic rings. The van der Waals surface area contributed by atoms with Crippen molar-refractivity contribution in [3.8, 4) is 0 Å². The molecule has 1 heterocycles. The molecule has 0 bridgehead atoms. The van der Waals surface area contributed by atoms with Crippen molar-refractivity contribution in [2.75, 3.05) is 6.61 Å². The molecule has 0 amide bonds. The minimum absolute atomic E-state index is 0.806. The van der Waals surface area contributed by atoms with E-state index in [0.29, 0.717) is 0 Å². The molecule has 0 atom stereocenters. The van der Waals surface area contributed by atoms with Crippen LogP contribution in [0.3, 0.4) is 0 Å². The Morgan fingerprint density at radius 2 is 2.06 bits per heavy atom. The molecular weight excluding hydrogens is 196 g/mol. The van der Waals surface area contributed by atoms with Gasteiger partial charge in [-0.3, -0.25) is 0 Å². The molecule has 1 heteroatoms. The zero-order valence-corrected chi connectivity index (χ0v) is 10.9. The molecule has 0 aliphatic carbocycles. The molecule has 0 saturated heterocycles. The van der Waals surface area contributed by atoms with E-state index in [1.807, 2.05) is 19.9 Å². The first-order valence-corrected chi connectivity index (χ1v) is 6.10. The van der Waals surface area contributed by atoms with Crippen LogP contribution in [0, 0.1) is 0 Å². The second-order valence-electron chi connectivity index (χ2n) is 3.31. The Bertz CT molecular complexity index is 282. The first kappa shape index (κ1) is 14.8. The SMILES string of the molecule is C=CC1=C(C/C=C(\C=C)CC)CCO1.CC. The highest BCUT2D eigenvalue weighted by Gasteiger charge is 2.11. The molecule has 0 aromatic heterocycles. The van der Waals surface area contributed by atoms with Crippen LogP contribution in [0.15, 0.2) is 48.3 Å². The lowest BCUT2D eigenvalue weighted by Gasteiger charge is -2.00. The summed E-state index contributed by atoms with van der Waals surface area (Å²) < 4.78 is 5.42. The number of ether oxygens (including phenoxy) is 1. The van der Waals surface area contributed by atoms with E-state index in [1.54, 1.807) is 6.08 Å². The van der Waals surface area contributed by atoms with Crippen molar-refractivity contribution in [3.05, 3.63) is 48.3 Å². The molecule has 0 radical (unpaired) electrons. The van der Waals surface area contributed by atoms with E-state index in [0.717, 1.165) is 31.6 Å². The summed E-state index contributed by atoms with van der Waals surface area (Å²) in [4.78, 5) is 0. The summed E-state index contributed by atoms with van der Waals surface area (Å²) in [7, 11) is 0. The van der Waals surface area contributed by atoms with Crippen LogP contribution in [-0.4, -0.2) is 6.61 Å². The fourth-order valence-corrected chi connectivity index (χ4v) is 1.54. The van der Waals surface area contributed by atoms with Crippen LogP contribution in [0.1, 0.15) is 40.0 Å². The van der Waals surface area contributed by atoms with Crippen LogP contribution in [0.25, 0.3) is 0 Å². The first-order valence-electron chi connectivity index (χ1n) is 6.10. The Morgan fingerprint density at radius 3 is 2.56 bits per heavy atom. The molecule has 1 rings (SSSR count). The average molecular weight is 220 g/mol. The van der Waals surface area contributed by atoms with Gasteiger partial charge in [0.25, 0.3) is 0 Å². The summed E-state index contributed by atoms with van der Waals surface area (Å²) in [6.07, 6.45) is 8.99. The van der Waals surface area contributed by atoms with Crippen molar-refractivity contribution in [1.29, 1.82) is 0 Å². The van der Waals surface area contributed by atoms with Gasteiger partial charge in [0.1, 0.15) is 5.76 Å². The summed E-state index contributed by atoms with van der Waals surface area (Å²) in [5, 5.41) is 0. The van der Waals surface area contributed by atoms with Crippen molar-refractivity contribution in [3.63, 3.8) is 0 Å². The van der Waals surface area contributed by atoms with Gasteiger partial charge in [0, 0.05) is 6.42 Å². The quantitative estimate of drug-likeness (QED) is 0.605. The summed E-state index contributed by atoms with van der Waals surface area (Å²) >= 11 is 0. The fourth-order valence-electron chi connectivity index (χ4n) is 1.54. The van der Waals surface area contributed by atoms with Crippen molar-refractivity contribution in [2.24, 2.45) is 0 Å². The second kappa shape index (κ2) is 9.02. The van der Waals surface area contributed by atoms with Crippen molar-refractivity contribution >= 4 is 0 Å². The topological polar surface area (TPSA) is 9.23 Å². The molecule has 0 saturated carbocycles. The first-order chi connectivity index (χ1) is 7.81. The summed E-state index contributed by atoms with van der Waals surface area (Å²) in [6, 6.07) is 0. The minimum atomic E-state index is 0.806. The molecule has 1 aliphatic heterocycles. The highest BCUT2D eigenvalue weighted by atomic mass is 16.5. The third kappa shape index (κ3) is 4.52. The van der Waals surface area contributed by atoms with Crippen LogP contribution >= 0.6 is 0 Å². The maximum Gasteiger partial charge on any atom is 0.118 e. The van der Waals surface area contributed by atoms with Crippen LogP contribution in [-0.2, 0) is 4.74 Å². The molecule has 0 fully saturated rings. The lowest BCUT2D eigenvalue weighted by Crippen LogP contribution is -1.82.